The van der Waals surface area contributed by atoms with Crippen LogP contribution in [-0.2, 0) is 9.59 Å². The third-order valence-corrected chi connectivity index (χ3v) is 4.13. The van der Waals surface area contributed by atoms with Crippen molar-refractivity contribution in [2.45, 2.75) is 6.04 Å². The Labute approximate surface area is 122 Å². The zero-order chi connectivity index (χ0) is 14.4. The zero-order valence-corrected chi connectivity index (χ0v) is 11.9. The quantitative estimate of drug-likeness (QED) is 0.847. The number of nitrogens with zero attached hydrogens (tertiary/aromatic N) is 1. The maximum atomic E-state index is 12.3. The first-order valence-electron chi connectivity index (χ1n) is 6.55. The van der Waals surface area contributed by atoms with E-state index in [2.05, 4.69) is 10.2 Å². The van der Waals surface area contributed by atoms with Crippen LogP contribution in [0.4, 0.5) is 0 Å². The van der Waals surface area contributed by atoms with E-state index in [1.807, 2.05) is 42.1 Å². The van der Waals surface area contributed by atoms with Gasteiger partial charge in [-0.3, -0.25) is 14.5 Å². The molecule has 108 valence electrons. The fourth-order valence-corrected chi connectivity index (χ4v) is 3.19. The van der Waals surface area contributed by atoms with E-state index in [0.717, 1.165) is 30.2 Å². The van der Waals surface area contributed by atoms with Gasteiger partial charge in [0.05, 0.1) is 0 Å². The van der Waals surface area contributed by atoms with Crippen molar-refractivity contribution >= 4 is 23.6 Å². The molecule has 1 aromatic rings. The Hall–Kier alpha value is -1.53. The molecule has 1 amide bonds. The van der Waals surface area contributed by atoms with E-state index in [0.29, 0.717) is 0 Å². The lowest BCUT2D eigenvalue weighted by molar-refractivity contribution is -0.138. The number of hydrogen-bond donors (Lipinski definition) is 2. The van der Waals surface area contributed by atoms with Crippen molar-refractivity contribution in [2.75, 3.05) is 31.1 Å². The molecule has 1 aliphatic heterocycles. The zero-order valence-electron chi connectivity index (χ0n) is 11.1. The van der Waals surface area contributed by atoms with Crippen LogP contribution in [0.15, 0.2) is 30.3 Å². The van der Waals surface area contributed by atoms with Crippen molar-refractivity contribution in [3.05, 3.63) is 35.9 Å². The topological polar surface area (TPSA) is 69.6 Å². The Bertz CT molecular complexity index is 461. The minimum atomic E-state index is -1.03. The van der Waals surface area contributed by atoms with Crippen LogP contribution in [-0.4, -0.2) is 53.0 Å². The molecule has 1 aliphatic rings. The third kappa shape index (κ3) is 3.98. The van der Waals surface area contributed by atoms with E-state index in [-0.39, 0.29) is 12.5 Å². The van der Waals surface area contributed by atoms with Gasteiger partial charge in [-0.2, -0.15) is 11.8 Å². The molecule has 1 fully saturated rings. The standard InChI is InChI=1S/C14H18N2O3S/c17-12(18)10-15-14(19)13(11-4-2-1-3-5-11)16-6-8-20-9-7-16/h1-5,13H,6-10H2,(H,15,19)(H,17,18). The molecule has 0 bridgehead atoms. The Morgan fingerprint density at radius 3 is 2.50 bits per heavy atom. The minimum absolute atomic E-state index is 0.245. The largest absolute Gasteiger partial charge is 0.480 e. The third-order valence-electron chi connectivity index (χ3n) is 3.19. The van der Waals surface area contributed by atoms with Gasteiger partial charge in [0, 0.05) is 24.6 Å². The molecule has 1 unspecified atom stereocenters. The highest BCUT2D eigenvalue weighted by atomic mass is 32.2. The number of carboxylic acid groups (broad SMARTS) is 1. The fourth-order valence-electron chi connectivity index (χ4n) is 2.26. The highest BCUT2D eigenvalue weighted by Crippen LogP contribution is 2.24. The Kier molecular flexibility index (Phi) is 5.43. The van der Waals surface area contributed by atoms with Crippen LogP contribution in [0.25, 0.3) is 0 Å². The van der Waals surface area contributed by atoms with E-state index < -0.39 is 12.0 Å². The summed E-state index contributed by atoms with van der Waals surface area (Å²) in [6.07, 6.45) is 0. The number of carboxylic acids is 1. The maximum Gasteiger partial charge on any atom is 0.322 e. The van der Waals surface area contributed by atoms with Crippen molar-refractivity contribution in [1.29, 1.82) is 0 Å². The molecule has 1 aromatic carbocycles. The molecule has 0 saturated carbocycles. The number of rotatable bonds is 5. The van der Waals surface area contributed by atoms with Crippen molar-refractivity contribution in [3.63, 3.8) is 0 Å². The Balaban J connectivity index is 2.15. The lowest BCUT2D eigenvalue weighted by atomic mass is 10.0. The van der Waals surface area contributed by atoms with E-state index in [1.165, 1.54) is 0 Å². The Morgan fingerprint density at radius 2 is 1.90 bits per heavy atom. The predicted octanol–water partition coefficient (Wildman–Crippen LogP) is 0.977. The van der Waals surface area contributed by atoms with Crippen LogP contribution in [0.3, 0.4) is 0 Å². The second-order valence-electron chi connectivity index (χ2n) is 4.57. The minimum Gasteiger partial charge on any atom is -0.480 e. The number of benzene rings is 1. The highest BCUT2D eigenvalue weighted by Gasteiger charge is 2.28. The summed E-state index contributed by atoms with van der Waals surface area (Å²) in [4.78, 5) is 25.0. The first-order chi connectivity index (χ1) is 9.68. The number of hydrogen-bond acceptors (Lipinski definition) is 4. The van der Waals surface area contributed by atoms with Gasteiger partial charge in [0.15, 0.2) is 0 Å². The molecule has 2 N–H and O–H groups in total. The van der Waals surface area contributed by atoms with Crippen molar-refractivity contribution in [1.82, 2.24) is 10.2 Å². The van der Waals surface area contributed by atoms with Gasteiger partial charge in [-0.25, -0.2) is 0 Å². The first kappa shape index (κ1) is 14.9. The van der Waals surface area contributed by atoms with Crippen LogP contribution in [0, 0.1) is 0 Å². The average Bonchev–Trinajstić information content (AvgIpc) is 2.48. The van der Waals surface area contributed by atoms with Crippen molar-refractivity contribution in [2.24, 2.45) is 0 Å². The highest BCUT2D eigenvalue weighted by molar-refractivity contribution is 7.99. The van der Waals surface area contributed by atoms with Gasteiger partial charge >= 0.3 is 5.97 Å². The molecule has 2 rings (SSSR count). The molecule has 20 heavy (non-hydrogen) atoms. The maximum absolute atomic E-state index is 12.3. The van der Waals surface area contributed by atoms with Crippen LogP contribution >= 0.6 is 11.8 Å². The smallest absolute Gasteiger partial charge is 0.322 e. The molecule has 1 atom stereocenters. The summed E-state index contributed by atoms with van der Waals surface area (Å²) in [7, 11) is 0. The average molecular weight is 294 g/mol. The number of aliphatic carboxylic acids is 1. The molecule has 0 aliphatic carbocycles. The number of carbonyl (C=O) groups excluding carboxylic acids is 1. The Morgan fingerprint density at radius 1 is 1.25 bits per heavy atom. The van der Waals surface area contributed by atoms with Crippen LogP contribution < -0.4 is 5.32 Å². The monoisotopic (exact) mass is 294 g/mol. The van der Waals surface area contributed by atoms with Crippen LogP contribution in [0.5, 0.6) is 0 Å². The van der Waals surface area contributed by atoms with E-state index in [1.54, 1.807) is 0 Å². The van der Waals surface area contributed by atoms with Gasteiger partial charge in [0.1, 0.15) is 12.6 Å². The SMILES string of the molecule is O=C(O)CNC(=O)C(c1ccccc1)N1CCSCC1. The van der Waals surface area contributed by atoms with E-state index in [4.69, 9.17) is 5.11 Å². The second-order valence-corrected chi connectivity index (χ2v) is 5.80. The summed E-state index contributed by atoms with van der Waals surface area (Å²) in [5.41, 5.74) is 0.905. The summed E-state index contributed by atoms with van der Waals surface area (Å²) >= 11 is 1.87. The van der Waals surface area contributed by atoms with Crippen molar-refractivity contribution < 1.29 is 14.7 Å². The van der Waals surface area contributed by atoms with E-state index in [9.17, 15) is 9.59 Å². The van der Waals surface area contributed by atoms with Crippen molar-refractivity contribution in [3.8, 4) is 0 Å². The van der Waals surface area contributed by atoms with Gasteiger partial charge in [-0.05, 0) is 5.56 Å². The van der Waals surface area contributed by atoms with Gasteiger partial charge in [-0.15, -0.1) is 0 Å². The van der Waals surface area contributed by atoms with Gasteiger partial charge in [0.2, 0.25) is 5.91 Å². The molecule has 5 nitrogen and oxygen atoms in total. The number of thioether (sulfide) groups is 1. The number of amides is 1. The number of nitrogens with one attached hydrogen (secondary N) is 1. The van der Waals surface area contributed by atoms with Crippen LogP contribution in [0.1, 0.15) is 11.6 Å². The second kappa shape index (κ2) is 7.31. The number of carbonyl (C=O) groups is 2. The summed E-state index contributed by atoms with van der Waals surface area (Å²) in [6.45, 7) is 1.33. The molecule has 1 saturated heterocycles. The normalized spacial score (nSPS) is 17.4. The van der Waals surface area contributed by atoms with E-state index >= 15 is 0 Å². The summed E-state index contributed by atoms with van der Waals surface area (Å²) in [6, 6.07) is 9.11. The lowest BCUT2D eigenvalue weighted by Gasteiger charge is -2.33. The molecule has 0 spiro atoms. The van der Waals surface area contributed by atoms with Crippen LogP contribution in [0.2, 0.25) is 0 Å². The summed E-state index contributed by atoms with van der Waals surface area (Å²) in [5, 5.41) is 11.2. The molecule has 0 aromatic heterocycles. The molecular formula is C14H18N2O3S. The van der Waals surface area contributed by atoms with Gasteiger partial charge in [-0.1, -0.05) is 30.3 Å². The molecule has 0 radical (unpaired) electrons. The summed E-state index contributed by atoms with van der Waals surface area (Å²) in [5.74, 6) is 0.718. The van der Waals surface area contributed by atoms with Gasteiger partial charge in [0.25, 0.3) is 0 Å². The fraction of sp³-hybridized carbons (Fsp3) is 0.429. The summed E-state index contributed by atoms with van der Waals surface area (Å²) < 4.78 is 0. The molecular weight excluding hydrogens is 276 g/mol. The predicted molar refractivity (Wildman–Crippen MR) is 78.7 cm³/mol. The van der Waals surface area contributed by atoms with Gasteiger partial charge < -0.3 is 10.4 Å². The lowest BCUT2D eigenvalue weighted by Crippen LogP contribution is -2.45. The molecule has 1 heterocycles. The first-order valence-corrected chi connectivity index (χ1v) is 7.70. The molecule has 6 heteroatoms.